The first-order chi connectivity index (χ1) is 11.0. The van der Waals surface area contributed by atoms with Crippen molar-refractivity contribution in [3.63, 3.8) is 0 Å². The summed E-state index contributed by atoms with van der Waals surface area (Å²) in [5.74, 6) is -0.357. The number of hydrogen-bond acceptors (Lipinski definition) is 3. The Morgan fingerprint density at radius 2 is 2.00 bits per heavy atom. The lowest BCUT2D eigenvalue weighted by Gasteiger charge is -2.37. The lowest BCUT2D eigenvalue weighted by molar-refractivity contribution is -0.0589. The van der Waals surface area contributed by atoms with Crippen LogP contribution >= 0.6 is 0 Å². The fourth-order valence-electron chi connectivity index (χ4n) is 3.84. The van der Waals surface area contributed by atoms with Gasteiger partial charge in [-0.1, -0.05) is 0 Å². The SMILES string of the molecule is Cc1cc(C(=O)N2CCC[C@@H]2[C@@H]2COCC[C@H]2O)cc(C)c1F. The summed E-state index contributed by atoms with van der Waals surface area (Å²) in [4.78, 5) is 14.7. The maximum Gasteiger partial charge on any atom is 0.254 e. The van der Waals surface area contributed by atoms with Crippen molar-refractivity contribution < 1.29 is 19.0 Å². The smallest absolute Gasteiger partial charge is 0.254 e. The molecular formula is C18H24FNO3. The van der Waals surface area contributed by atoms with Gasteiger partial charge in [0.15, 0.2) is 0 Å². The molecule has 3 atom stereocenters. The van der Waals surface area contributed by atoms with Gasteiger partial charge < -0.3 is 14.7 Å². The maximum absolute atomic E-state index is 13.8. The molecule has 3 rings (SSSR count). The quantitative estimate of drug-likeness (QED) is 0.910. The summed E-state index contributed by atoms with van der Waals surface area (Å²) in [6.07, 6.45) is 2.02. The molecule has 2 fully saturated rings. The second-order valence-electron chi connectivity index (χ2n) is 6.73. The Bertz CT molecular complexity index is 581. The van der Waals surface area contributed by atoms with E-state index in [9.17, 15) is 14.3 Å². The van der Waals surface area contributed by atoms with E-state index in [1.807, 2.05) is 4.90 Å². The van der Waals surface area contributed by atoms with E-state index in [1.54, 1.807) is 26.0 Å². The van der Waals surface area contributed by atoms with Crippen LogP contribution in [0.4, 0.5) is 4.39 Å². The van der Waals surface area contributed by atoms with Crippen LogP contribution in [-0.2, 0) is 4.74 Å². The molecule has 0 bridgehead atoms. The topological polar surface area (TPSA) is 49.8 Å². The maximum atomic E-state index is 13.8. The molecule has 2 heterocycles. The fraction of sp³-hybridized carbons (Fsp3) is 0.611. The number of amides is 1. The highest BCUT2D eigenvalue weighted by molar-refractivity contribution is 5.95. The molecule has 0 saturated carbocycles. The lowest BCUT2D eigenvalue weighted by Crippen LogP contribution is -2.48. The van der Waals surface area contributed by atoms with Crippen molar-refractivity contribution in [1.29, 1.82) is 0 Å². The summed E-state index contributed by atoms with van der Waals surface area (Å²) in [5.41, 5.74) is 1.51. The summed E-state index contributed by atoms with van der Waals surface area (Å²) in [7, 11) is 0. The highest BCUT2D eigenvalue weighted by atomic mass is 19.1. The standard InChI is InChI=1S/C18H24FNO3/c1-11-8-13(9-12(2)17(11)19)18(22)20-6-3-4-15(20)14-10-23-7-5-16(14)21/h8-9,14-16,21H,3-7,10H2,1-2H3/t14-,15+,16+/m0/s1. The molecule has 0 aromatic heterocycles. The highest BCUT2D eigenvalue weighted by Crippen LogP contribution is 2.31. The highest BCUT2D eigenvalue weighted by Gasteiger charge is 2.39. The predicted octanol–water partition coefficient (Wildman–Crippen LogP) is 2.44. The Balaban J connectivity index is 1.83. The Labute approximate surface area is 136 Å². The first kappa shape index (κ1) is 16.4. The van der Waals surface area contributed by atoms with Crippen LogP contribution in [-0.4, -0.2) is 47.8 Å². The molecule has 1 N–H and O–H groups in total. The molecule has 2 saturated heterocycles. The van der Waals surface area contributed by atoms with Gasteiger partial charge in [0, 0.05) is 30.7 Å². The number of ether oxygens (including phenoxy) is 1. The van der Waals surface area contributed by atoms with E-state index in [4.69, 9.17) is 4.74 Å². The number of rotatable bonds is 2. The molecule has 0 spiro atoms. The van der Waals surface area contributed by atoms with Gasteiger partial charge >= 0.3 is 0 Å². The largest absolute Gasteiger partial charge is 0.393 e. The molecule has 23 heavy (non-hydrogen) atoms. The van der Waals surface area contributed by atoms with Crippen molar-refractivity contribution in [2.45, 2.75) is 45.3 Å². The van der Waals surface area contributed by atoms with Crippen molar-refractivity contribution in [2.75, 3.05) is 19.8 Å². The molecule has 126 valence electrons. The predicted molar refractivity (Wildman–Crippen MR) is 84.9 cm³/mol. The number of hydrogen-bond donors (Lipinski definition) is 1. The number of aliphatic hydroxyl groups is 1. The van der Waals surface area contributed by atoms with E-state index in [1.165, 1.54) is 0 Å². The van der Waals surface area contributed by atoms with Gasteiger partial charge in [0.1, 0.15) is 5.82 Å². The van der Waals surface area contributed by atoms with E-state index in [0.717, 1.165) is 12.8 Å². The summed E-state index contributed by atoms with van der Waals surface area (Å²) in [6.45, 7) is 5.12. The van der Waals surface area contributed by atoms with Gasteiger partial charge in [-0.2, -0.15) is 0 Å². The van der Waals surface area contributed by atoms with Gasteiger partial charge in [0.25, 0.3) is 5.91 Å². The molecule has 0 aliphatic carbocycles. The second-order valence-corrected chi connectivity index (χ2v) is 6.73. The van der Waals surface area contributed by atoms with E-state index in [-0.39, 0.29) is 23.7 Å². The molecule has 5 heteroatoms. The zero-order valence-corrected chi connectivity index (χ0v) is 13.7. The number of nitrogens with zero attached hydrogens (tertiary/aromatic N) is 1. The van der Waals surface area contributed by atoms with Crippen molar-refractivity contribution >= 4 is 5.91 Å². The number of halogens is 1. The molecule has 0 unspecified atom stereocenters. The van der Waals surface area contributed by atoms with E-state index in [0.29, 0.717) is 42.9 Å². The third-order valence-electron chi connectivity index (χ3n) is 5.10. The van der Waals surface area contributed by atoms with Crippen molar-refractivity contribution in [1.82, 2.24) is 4.90 Å². The number of carbonyl (C=O) groups excluding carboxylic acids is 1. The number of aryl methyl sites for hydroxylation is 2. The van der Waals surface area contributed by atoms with Crippen LogP contribution in [0.25, 0.3) is 0 Å². The van der Waals surface area contributed by atoms with Gasteiger partial charge in [-0.25, -0.2) is 4.39 Å². The molecule has 0 radical (unpaired) electrons. The average Bonchev–Trinajstić information content (AvgIpc) is 3.01. The van der Waals surface area contributed by atoms with E-state index in [2.05, 4.69) is 0 Å². The number of carbonyl (C=O) groups is 1. The Kier molecular flexibility index (Phi) is 4.69. The second kappa shape index (κ2) is 6.57. The van der Waals surface area contributed by atoms with Crippen LogP contribution in [0.5, 0.6) is 0 Å². The summed E-state index contributed by atoms with van der Waals surface area (Å²) >= 11 is 0. The number of benzene rings is 1. The average molecular weight is 321 g/mol. The minimum absolute atomic E-state index is 0.00321. The van der Waals surface area contributed by atoms with Gasteiger partial charge in [-0.3, -0.25) is 4.79 Å². The molecular weight excluding hydrogens is 297 g/mol. The van der Waals surface area contributed by atoms with E-state index >= 15 is 0 Å². The van der Waals surface area contributed by atoms with Crippen molar-refractivity contribution in [3.05, 3.63) is 34.6 Å². The molecule has 1 amide bonds. The Morgan fingerprint density at radius 3 is 2.65 bits per heavy atom. The van der Waals surface area contributed by atoms with Crippen LogP contribution < -0.4 is 0 Å². The van der Waals surface area contributed by atoms with Crippen LogP contribution in [0, 0.1) is 25.6 Å². The third-order valence-corrected chi connectivity index (χ3v) is 5.10. The van der Waals surface area contributed by atoms with Gasteiger partial charge in [0.2, 0.25) is 0 Å². The molecule has 4 nitrogen and oxygen atoms in total. The zero-order chi connectivity index (χ0) is 16.6. The first-order valence-corrected chi connectivity index (χ1v) is 8.32. The van der Waals surface area contributed by atoms with Crippen LogP contribution in [0.3, 0.4) is 0 Å². The summed E-state index contributed by atoms with van der Waals surface area (Å²) in [5, 5.41) is 10.3. The number of likely N-dealkylation sites (tertiary alicyclic amines) is 1. The zero-order valence-electron chi connectivity index (χ0n) is 13.7. The van der Waals surface area contributed by atoms with E-state index < -0.39 is 6.10 Å². The molecule has 2 aliphatic heterocycles. The molecule has 1 aromatic carbocycles. The normalized spacial score (nSPS) is 28.2. The minimum atomic E-state index is -0.418. The monoisotopic (exact) mass is 321 g/mol. The molecule has 1 aromatic rings. The molecule has 2 aliphatic rings. The first-order valence-electron chi connectivity index (χ1n) is 8.32. The van der Waals surface area contributed by atoms with Crippen molar-refractivity contribution in [2.24, 2.45) is 5.92 Å². The van der Waals surface area contributed by atoms with Gasteiger partial charge in [-0.15, -0.1) is 0 Å². The Hall–Kier alpha value is -1.46. The lowest BCUT2D eigenvalue weighted by atomic mass is 9.89. The van der Waals surface area contributed by atoms with Crippen LogP contribution in [0.1, 0.15) is 40.7 Å². The van der Waals surface area contributed by atoms with Gasteiger partial charge in [0.05, 0.1) is 12.7 Å². The van der Waals surface area contributed by atoms with Crippen molar-refractivity contribution in [3.8, 4) is 0 Å². The summed E-state index contributed by atoms with van der Waals surface area (Å²) < 4.78 is 19.3. The third kappa shape index (κ3) is 3.12. The fourth-order valence-corrected chi connectivity index (χ4v) is 3.84. The van der Waals surface area contributed by atoms with Crippen LogP contribution in [0.2, 0.25) is 0 Å². The minimum Gasteiger partial charge on any atom is -0.393 e. The number of aliphatic hydroxyl groups excluding tert-OH is 1. The summed E-state index contributed by atoms with van der Waals surface area (Å²) in [6, 6.07) is 3.24. The van der Waals surface area contributed by atoms with Crippen LogP contribution in [0.15, 0.2) is 12.1 Å². The Morgan fingerprint density at radius 1 is 1.30 bits per heavy atom. The van der Waals surface area contributed by atoms with Gasteiger partial charge in [-0.05, 0) is 56.4 Å².